The number of hydrogen-bond donors (Lipinski definition) is 0. The molecule has 0 bridgehead atoms. The van der Waals surface area contributed by atoms with E-state index in [0.717, 1.165) is 23.7 Å². The summed E-state index contributed by atoms with van der Waals surface area (Å²) in [5, 5.41) is 0. The Morgan fingerprint density at radius 3 is 1.57 bits per heavy atom. The lowest BCUT2D eigenvalue weighted by Gasteiger charge is -2.21. The topological polar surface area (TPSA) is 3.24 Å². The summed E-state index contributed by atoms with van der Waals surface area (Å²) in [6, 6.07) is 0. The predicted molar refractivity (Wildman–Crippen MR) is 63.4 cm³/mol. The van der Waals surface area contributed by atoms with Crippen LogP contribution in [0.4, 0.5) is 0 Å². The van der Waals surface area contributed by atoms with Gasteiger partial charge in [-0.3, -0.25) is 0 Å². The maximum Gasteiger partial charge on any atom is 0.000995 e. The van der Waals surface area contributed by atoms with Gasteiger partial charge in [0, 0.05) is 13.1 Å². The smallest absolute Gasteiger partial charge is 0.000995 e. The van der Waals surface area contributed by atoms with Crippen molar-refractivity contribution in [3.8, 4) is 0 Å². The zero-order valence-corrected chi connectivity index (χ0v) is 10.6. The minimum absolute atomic E-state index is 0.862. The maximum atomic E-state index is 2.51. The Morgan fingerprint density at radius 1 is 0.929 bits per heavy atom. The Balaban J connectivity index is 2.45. The van der Waals surface area contributed by atoms with Gasteiger partial charge in [0.05, 0.1) is 0 Å². The highest BCUT2D eigenvalue weighted by atomic mass is 15.1. The fourth-order valence-electron chi connectivity index (χ4n) is 2.92. The zero-order chi connectivity index (χ0) is 10.7. The van der Waals surface area contributed by atoms with Gasteiger partial charge in [-0.1, -0.05) is 27.7 Å². The van der Waals surface area contributed by atoms with Gasteiger partial charge in [-0.25, -0.2) is 0 Å². The van der Waals surface area contributed by atoms with E-state index in [1.165, 1.54) is 25.9 Å². The van der Waals surface area contributed by atoms with Crippen LogP contribution in [0.15, 0.2) is 0 Å². The van der Waals surface area contributed by atoms with Gasteiger partial charge in [0.15, 0.2) is 0 Å². The minimum atomic E-state index is 0.862. The normalized spacial score (nSPS) is 29.4. The summed E-state index contributed by atoms with van der Waals surface area (Å²) < 4.78 is 0. The molecule has 0 aromatic carbocycles. The van der Waals surface area contributed by atoms with Crippen molar-refractivity contribution in [2.24, 2.45) is 23.7 Å². The molecule has 2 atom stereocenters. The molecule has 0 radical (unpaired) electrons. The summed E-state index contributed by atoms with van der Waals surface area (Å²) in [4.78, 5) is 2.51. The molecule has 1 rings (SSSR count). The van der Waals surface area contributed by atoms with Crippen LogP contribution in [-0.2, 0) is 0 Å². The summed E-state index contributed by atoms with van der Waals surface area (Å²) in [6.07, 6.45) is 2.84. The van der Waals surface area contributed by atoms with Crippen LogP contribution in [0.2, 0.25) is 0 Å². The Kier molecular flexibility index (Phi) is 4.43. The van der Waals surface area contributed by atoms with Crippen molar-refractivity contribution in [1.82, 2.24) is 4.90 Å². The fraction of sp³-hybridized carbons (Fsp3) is 1.00. The Bertz CT molecular complexity index is 145. The Labute approximate surface area is 89.9 Å². The van der Waals surface area contributed by atoms with Crippen LogP contribution in [0.25, 0.3) is 0 Å². The summed E-state index contributed by atoms with van der Waals surface area (Å²) in [7, 11) is 2.27. The molecule has 1 aliphatic rings. The molecule has 1 nitrogen and oxygen atoms in total. The molecule has 84 valence electrons. The Hall–Kier alpha value is -0.0400. The lowest BCUT2D eigenvalue weighted by molar-refractivity contribution is 0.303. The average molecular weight is 197 g/mol. The van der Waals surface area contributed by atoms with E-state index < -0.39 is 0 Å². The highest BCUT2D eigenvalue weighted by molar-refractivity contribution is 4.83. The van der Waals surface area contributed by atoms with Crippen molar-refractivity contribution in [2.45, 2.75) is 40.5 Å². The van der Waals surface area contributed by atoms with Gasteiger partial charge in [0.2, 0.25) is 0 Å². The van der Waals surface area contributed by atoms with Crippen LogP contribution < -0.4 is 0 Å². The number of hydrogen-bond acceptors (Lipinski definition) is 1. The summed E-state index contributed by atoms with van der Waals surface area (Å²) >= 11 is 0. The standard InChI is InChI=1S/C13H27N/c1-10(2)6-12-8-14(5)9-13(12)7-11(3)4/h10-13H,6-9H2,1-5H3. The monoisotopic (exact) mass is 197 g/mol. The largest absolute Gasteiger partial charge is 0.306 e. The number of rotatable bonds is 4. The van der Waals surface area contributed by atoms with Crippen LogP contribution in [0.1, 0.15) is 40.5 Å². The van der Waals surface area contributed by atoms with Gasteiger partial charge < -0.3 is 4.90 Å². The number of likely N-dealkylation sites (tertiary alicyclic amines) is 1. The van der Waals surface area contributed by atoms with E-state index in [4.69, 9.17) is 0 Å². The predicted octanol–water partition coefficient (Wildman–Crippen LogP) is 3.26. The minimum Gasteiger partial charge on any atom is -0.306 e. The van der Waals surface area contributed by atoms with Gasteiger partial charge in [-0.05, 0) is 43.6 Å². The van der Waals surface area contributed by atoms with Crippen LogP contribution in [0.5, 0.6) is 0 Å². The molecule has 0 aliphatic carbocycles. The van der Waals surface area contributed by atoms with Crippen LogP contribution in [0, 0.1) is 23.7 Å². The second-order valence-corrected chi connectivity index (χ2v) is 6.00. The van der Waals surface area contributed by atoms with E-state index in [1.54, 1.807) is 0 Å². The molecule has 0 spiro atoms. The first-order chi connectivity index (χ1) is 6.49. The first kappa shape index (κ1) is 12.0. The summed E-state index contributed by atoms with van der Waals surface area (Å²) in [5.74, 6) is 3.65. The molecule has 0 N–H and O–H groups in total. The third kappa shape index (κ3) is 3.61. The molecule has 0 amide bonds. The first-order valence-electron chi connectivity index (χ1n) is 6.17. The summed E-state index contributed by atoms with van der Waals surface area (Å²) in [6.45, 7) is 12.1. The SMILES string of the molecule is CC(C)CC1CN(C)CC1CC(C)C. The third-order valence-corrected chi connectivity index (χ3v) is 3.31. The third-order valence-electron chi connectivity index (χ3n) is 3.31. The molecule has 1 aliphatic heterocycles. The number of nitrogens with zero attached hydrogens (tertiary/aromatic N) is 1. The Morgan fingerprint density at radius 2 is 1.29 bits per heavy atom. The zero-order valence-electron chi connectivity index (χ0n) is 10.6. The van der Waals surface area contributed by atoms with Crippen LogP contribution >= 0.6 is 0 Å². The second-order valence-electron chi connectivity index (χ2n) is 6.00. The van der Waals surface area contributed by atoms with E-state index in [0.29, 0.717) is 0 Å². The molecule has 2 unspecified atom stereocenters. The lowest BCUT2D eigenvalue weighted by Crippen LogP contribution is -2.16. The molecule has 1 saturated heterocycles. The molecule has 0 aromatic rings. The molecule has 0 saturated carbocycles. The van der Waals surface area contributed by atoms with E-state index >= 15 is 0 Å². The van der Waals surface area contributed by atoms with Crippen molar-refractivity contribution >= 4 is 0 Å². The van der Waals surface area contributed by atoms with Gasteiger partial charge in [0.1, 0.15) is 0 Å². The maximum absolute atomic E-state index is 2.51. The van der Waals surface area contributed by atoms with Crippen molar-refractivity contribution in [2.75, 3.05) is 20.1 Å². The highest BCUT2D eigenvalue weighted by Gasteiger charge is 2.31. The van der Waals surface area contributed by atoms with E-state index in [1.807, 2.05) is 0 Å². The van der Waals surface area contributed by atoms with Gasteiger partial charge >= 0.3 is 0 Å². The van der Waals surface area contributed by atoms with Gasteiger partial charge in [-0.15, -0.1) is 0 Å². The first-order valence-corrected chi connectivity index (χ1v) is 6.17. The van der Waals surface area contributed by atoms with Crippen LogP contribution in [-0.4, -0.2) is 25.0 Å². The van der Waals surface area contributed by atoms with E-state index in [9.17, 15) is 0 Å². The highest BCUT2D eigenvalue weighted by Crippen LogP contribution is 2.32. The fourth-order valence-corrected chi connectivity index (χ4v) is 2.92. The quantitative estimate of drug-likeness (QED) is 0.668. The molecule has 1 fully saturated rings. The lowest BCUT2D eigenvalue weighted by atomic mass is 9.83. The van der Waals surface area contributed by atoms with E-state index in [2.05, 4.69) is 39.6 Å². The average Bonchev–Trinajstić information content (AvgIpc) is 2.28. The molecule has 1 heterocycles. The van der Waals surface area contributed by atoms with Crippen molar-refractivity contribution < 1.29 is 0 Å². The van der Waals surface area contributed by atoms with Crippen molar-refractivity contribution in [3.05, 3.63) is 0 Å². The van der Waals surface area contributed by atoms with Crippen LogP contribution in [0.3, 0.4) is 0 Å². The van der Waals surface area contributed by atoms with E-state index in [-0.39, 0.29) is 0 Å². The molecule has 1 heteroatoms. The van der Waals surface area contributed by atoms with Crippen molar-refractivity contribution in [1.29, 1.82) is 0 Å². The summed E-state index contributed by atoms with van der Waals surface area (Å²) in [5.41, 5.74) is 0. The molecular weight excluding hydrogens is 170 g/mol. The second kappa shape index (κ2) is 5.16. The van der Waals surface area contributed by atoms with Gasteiger partial charge in [-0.2, -0.15) is 0 Å². The molecular formula is C13H27N. The van der Waals surface area contributed by atoms with Gasteiger partial charge in [0.25, 0.3) is 0 Å². The molecule has 0 aromatic heterocycles. The molecule has 14 heavy (non-hydrogen) atoms. The van der Waals surface area contributed by atoms with Crippen molar-refractivity contribution in [3.63, 3.8) is 0 Å².